The van der Waals surface area contributed by atoms with Crippen molar-refractivity contribution in [2.75, 3.05) is 7.11 Å². The van der Waals surface area contributed by atoms with E-state index in [4.69, 9.17) is 8.92 Å². The Hall–Kier alpha value is -1.44. The fourth-order valence-electron chi connectivity index (χ4n) is 3.14. The van der Waals surface area contributed by atoms with Crippen molar-refractivity contribution in [3.8, 4) is 0 Å². The van der Waals surface area contributed by atoms with E-state index in [2.05, 4.69) is 0 Å². The zero-order chi connectivity index (χ0) is 18.4. The maximum Gasteiger partial charge on any atom is 0.348 e. The van der Waals surface area contributed by atoms with Crippen LogP contribution < -0.4 is 0 Å². The molecule has 1 aromatic heterocycles. The number of carbonyl (C=O) groups is 1. The van der Waals surface area contributed by atoms with E-state index in [0.717, 1.165) is 34.1 Å². The van der Waals surface area contributed by atoms with Crippen LogP contribution in [-0.4, -0.2) is 27.1 Å². The molecule has 136 valence electrons. The van der Waals surface area contributed by atoms with Crippen molar-refractivity contribution in [2.24, 2.45) is 0 Å². The van der Waals surface area contributed by atoms with Crippen molar-refractivity contribution < 1.29 is 22.1 Å². The van der Waals surface area contributed by atoms with Gasteiger partial charge in [0.2, 0.25) is 0 Å². The molecule has 1 heterocycles. The van der Waals surface area contributed by atoms with E-state index >= 15 is 0 Å². The predicted octanol–water partition coefficient (Wildman–Crippen LogP) is 4.21. The highest BCUT2D eigenvalue weighted by atomic mass is 32.2. The molecule has 1 atom stereocenters. The van der Waals surface area contributed by atoms with Gasteiger partial charge >= 0.3 is 5.97 Å². The third-order valence-corrected chi connectivity index (χ3v) is 6.95. The Bertz CT molecular complexity index is 919. The number of fused-ring (bicyclic) bond motifs is 2. The SMILES string of the molecule is COS(=O)(=O)C1CCCc2cc3sc(C(=O)OC(C)(C)C)cc3cc21. The van der Waals surface area contributed by atoms with Gasteiger partial charge < -0.3 is 4.74 Å². The van der Waals surface area contributed by atoms with Gasteiger partial charge in [-0.1, -0.05) is 0 Å². The molecule has 1 aliphatic carbocycles. The van der Waals surface area contributed by atoms with Gasteiger partial charge in [-0.15, -0.1) is 11.3 Å². The summed E-state index contributed by atoms with van der Waals surface area (Å²) in [5.74, 6) is -0.354. The Labute approximate surface area is 152 Å². The molecule has 1 aromatic carbocycles. The third-order valence-electron chi connectivity index (χ3n) is 4.22. The van der Waals surface area contributed by atoms with Gasteiger partial charge in [-0.3, -0.25) is 4.18 Å². The van der Waals surface area contributed by atoms with E-state index in [9.17, 15) is 13.2 Å². The topological polar surface area (TPSA) is 69.7 Å². The second-order valence-corrected chi connectivity index (χ2v) is 10.2. The summed E-state index contributed by atoms with van der Waals surface area (Å²) in [4.78, 5) is 12.8. The molecular weight excluding hydrogens is 360 g/mol. The lowest BCUT2D eigenvalue weighted by Gasteiger charge is -2.24. The van der Waals surface area contributed by atoms with Crippen LogP contribution in [0.1, 0.15) is 59.7 Å². The Kier molecular flexibility index (Phi) is 4.68. The Balaban J connectivity index is 2.04. The molecule has 0 spiro atoms. The summed E-state index contributed by atoms with van der Waals surface area (Å²) >= 11 is 1.38. The molecule has 0 radical (unpaired) electrons. The molecular formula is C18H22O5S2. The normalized spacial score (nSPS) is 18.2. The molecule has 0 saturated carbocycles. The average molecular weight is 383 g/mol. The van der Waals surface area contributed by atoms with Crippen molar-refractivity contribution in [2.45, 2.75) is 50.9 Å². The lowest BCUT2D eigenvalue weighted by atomic mass is 9.90. The zero-order valence-corrected chi connectivity index (χ0v) is 16.4. The summed E-state index contributed by atoms with van der Waals surface area (Å²) in [6.07, 6.45) is 2.19. The fraction of sp³-hybridized carbons (Fsp3) is 0.500. The third kappa shape index (κ3) is 3.73. The number of aryl methyl sites for hydroxylation is 1. The molecule has 2 aromatic rings. The monoisotopic (exact) mass is 382 g/mol. The van der Waals surface area contributed by atoms with Crippen LogP contribution >= 0.6 is 11.3 Å². The van der Waals surface area contributed by atoms with Gasteiger partial charge in [0.25, 0.3) is 10.1 Å². The van der Waals surface area contributed by atoms with Gasteiger partial charge in [0.15, 0.2) is 0 Å². The standard InChI is InChI=1S/C18H22O5S2/c1-18(2,3)23-17(19)15-10-12-8-13-11(9-14(12)24-15)6-5-7-16(13)25(20,21)22-4/h8-10,16H,5-7H2,1-4H3. The molecule has 5 nitrogen and oxygen atoms in total. The second kappa shape index (κ2) is 6.37. The molecule has 25 heavy (non-hydrogen) atoms. The first kappa shape index (κ1) is 18.4. The van der Waals surface area contributed by atoms with Gasteiger partial charge in [0.05, 0.1) is 7.11 Å². The molecule has 0 saturated heterocycles. The zero-order valence-electron chi connectivity index (χ0n) is 14.8. The van der Waals surface area contributed by atoms with E-state index in [1.807, 2.05) is 32.9 Å². The van der Waals surface area contributed by atoms with E-state index in [1.54, 1.807) is 6.07 Å². The number of thiophene rings is 1. The quantitative estimate of drug-likeness (QED) is 0.587. The number of esters is 1. The van der Waals surface area contributed by atoms with Crippen LogP contribution in [-0.2, 0) is 25.5 Å². The molecule has 0 bridgehead atoms. The van der Waals surface area contributed by atoms with Crippen LogP contribution in [0.5, 0.6) is 0 Å². The molecule has 0 amide bonds. The molecule has 0 fully saturated rings. The number of hydrogen-bond acceptors (Lipinski definition) is 6. The number of carbonyl (C=O) groups excluding carboxylic acids is 1. The highest BCUT2D eigenvalue weighted by molar-refractivity contribution is 7.87. The van der Waals surface area contributed by atoms with Crippen LogP contribution in [0, 0.1) is 0 Å². The van der Waals surface area contributed by atoms with Crippen molar-refractivity contribution in [1.82, 2.24) is 0 Å². The fourth-order valence-corrected chi connectivity index (χ4v) is 5.34. The first-order chi connectivity index (χ1) is 11.6. The summed E-state index contributed by atoms with van der Waals surface area (Å²) in [6, 6.07) is 5.66. The minimum absolute atomic E-state index is 0.354. The maximum atomic E-state index is 12.3. The lowest BCUT2D eigenvalue weighted by molar-refractivity contribution is 0.00753. The average Bonchev–Trinajstić information content (AvgIpc) is 2.93. The van der Waals surface area contributed by atoms with Gasteiger partial charge in [0, 0.05) is 4.70 Å². The maximum absolute atomic E-state index is 12.3. The minimum Gasteiger partial charge on any atom is -0.456 e. The van der Waals surface area contributed by atoms with Crippen LogP contribution in [0.2, 0.25) is 0 Å². The first-order valence-corrected chi connectivity index (χ1v) is 10.5. The second-order valence-electron chi connectivity index (χ2n) is 7.24. The van der Waals surface area contributed by atoms with E-state index < -0.39 is 21.0 Å². The van der Waals surface area contributed by atoms with Crippen molar-refractivity contribution in [3.63, 3.8) is 0 Å². The molecule has 3 rings (SSSR count). The minimum atomic E-state index is -3.63. The Morgan fingerprint density at radius 3 is 2.60 bits per heavy atom. The van der Waals surface area contributed by atoms with Crippen molar-refractivity contribution in [1.29, 1.82) is 0 Å². The van der Waals surface area contributed by atoms with Gasteiger partial charge in [0.1, 0.15) is 15.7 Å². The Morgan fingerprint density at radius 2 is 1.96 bits per heavy atom. The van der Waals surface area contributed by atoms with E-state index in [1.165, 1.54) is 18.4 Å². The lowest BCUT2D eigenvalue weighted by Crippen LogP contribution is -2.23. The van der Waals surface area contributed by atoms with Crippen LogP contribution in [0.25, 0.3) is 10.1 Å². The van der Waals surface area contributed by atoms with E-state index in [0.29, 0.717) is 11.3 Å². The number of ether oxygens (including phenoxy) is 1. The molecule has 0 N–H and O–H groups in total. The summed E-state index contributed by atoms with van der Waals surface area (Å²) in [5.41, 5.74) is 1.25. The van der Waals surface area contributed by atoms with Crippen molar-refractivity contribution >= 4 is 37.5 Å². The number of benzene rings is 1. The van der Waals surface area contributed by atoms with Crippen LogP contribution in [0.3, 0.4) is 0 Å². The first-order valence-electron chi connectivity index (χ1n) is 8.20. The van der Waals surface area contributed by atoms with Gasteiger partial charge in [-0.2, -0.15) is 8.42 Å². The Morgan fingerprint density at radius 1 is 1.24 bits per heavy atom. The highest BCUT2D eigenvalue weighted by Gasteiger charge is 2.32. The highest BCUT2D eigenvalue weighted by Crippen LogP contribution is 2.40. The smallest absolute Gasteiger partial charge is 0.348 e. The largest absolute Gasteiger partial charge is 0.456 e. The summed E-state index contributed by atoms with van der Waals surface area (Å²) in [6.45, 7) is 5.49. The number of rotatable bonds is 3. The summed E-state index contributed by atoms with van der Waals surface area (Å²) < 4.78 is 35.6. The van der Waals surface area contributed by atoms with Gasteiger partial charge in [-0.25, -0.2) is 4.79 Å². The molecule has 7 heteroatoms. The van der Waals surface area contributed by atoms with E-state index in [-0.39, 0.29) is 5.97 Å². The molecule has 1 aliphatic rings. The number of hydrogen-bond donors (Lipinski definition) is 0. The van der Waals surface area contributed by atoms with Crippen LogP contribution in [0.4, 0.5) is 0 Å². The van der Waals surface area contributed by atoms with Crippen LogP contribution in [0.15, 0.2) is 18.2 Å². The summed E-state index contributed by atoms with van der Waals surface area (Å²) in [5, 5.41) is 0.221. The molecule has 0 aliphatic heterocycles. The summed E-state index contributed by atoms with van der Waals surface area (Å²) in [7, 11) is -2.42. The van der Waals surface area contributed by atoms with Gasteiger partial charge in [-0.05, 0) is 74.7 Å². The molecule has 1 unspecified atom stereocenters. The van der Waals surface area contributed by atoms with Crippen molar-refractivity contribution in [3.05, 3.63) is 34.2 Å². The predicted molar refractivity (Wildman–Crippen MR) is 98.6 cm³/mol.